The highest BCUT2D eigenvalue weighted by Gasteiger charge is 2.09. The number of fused-ring (bicyclic) bond motifs is 1. The Labute approximate surface area is 83.6 Å². The van der Waals surface area contributed by atoms with Crippen molar-refractivity contribution < 1.29 is 0 Å². The Morgan fingerprint density at radius 3 is 3.00 bits per heavy atom. The normalized spacial score (nSPS) is 10.9. The highest BCUT2D eigenvalue weighted by atomic mass is 32.1. The molecular weight excluding hydrogens is 196 g/mol. The molecule has 1 N–H and O–H groups in total. The molecule has 0 saturated heterocycles. The smallest absolute Gasteiger partial charge is 0.168 e. The zero-order chi connectivity index (χ0) is 9.38. The second-order valence-corrected chi connectivity index (χ2v) is 3.69. The Balaban J connectivity index is 2.33. The van der Waals surface area contributed by atoms with Gasteiger partial charge in [0.05, 0.1) is 5.52 Å². The lowest BCUT2D eigenvalue weighted by Crippen LogP contribution is -1.77. The summed E-state index contributed by atoms with van der Waals surface area (Å²) in [5, 5.41) is 16.9. The Kier molecular flexibility index (Phi) is 1.57. The first-order valence-corrected chi connectivity index (χ1v) is 5.03. The molecule has 68 valence electrons. The summed E-state index contributed by atoms with van der Waals surface area (Å²) >= 11 is 1.49. The van der Waals surface area contributed by atoms with E-state index < -0.39 is 0 Å². The Morgan fingerprint density at radius 1 is 1.21 bits per heavy atom. The zero-order valence-electron chi connectivity index (χ0n) is 7.14. The molecule has 0 amide bonds. The second-order valence-electron chi connectivity index (χ2n) is 2.86. The lowest BCUT2D eigenvalue weighted by Gasteiger charge is -1.88. The van der Waals surface area contributed by atoms with Gasteiger partial charge in [-0.2, -0.15) is 5.10 Å². The molecule has 0 aliphatic heterocycles. The zero-order valence-corrected chi connectivity index (χ0v) is 7.95. The van der Waals surface area contributed by atoms with Crippen molar-refractivity contribution in [3.8, 4) is 10.7 Å². The quantitative estimate of drug-likeness (QED) is 0.657. The largest absolute Gasteiger partial charge is 0.277 e. The number of nitrogens with zero attached hydrogens (tertiary/aromatic N) is 3. The summed E-state index contributed by atoms with van der Waals surface area (Å²) in [6.45, 7) is 0. The monoisotopic (exact) mass is 202 g/mol. The van der Waals surface area contributed by atoms with E-state index in [0.717, 1.165) is 21.6 Å². The van der Waals surface area contributed by atoms with E-state index >= 15 is 0 Å². The molecule has 0 aliphatic rings. The van der Waals surface area contributed by atoms with Gasteiger partial charge in [0.25, 0.3) is 0 Å². The van der Waals surface area contributed by atoms with Gasteiger partial charge >= 0.3 is 0 Å². The molecule has 0 aliphatic carbocycles. The summed E-state index contributed by atoms with van der Waals surface area (Å²) < 4.78 is 0. The number of aromatic amines is 1. The van der Waals surface area contributed by atoms with Gasteiger partial charge in [-0.15, -0.1) is 10.2 Å². The first kappa shape index (κ1) is 7.64. The van der Waals surface area contributed by atoms with Crippen molar-refractivity contribution in [2.45, 2.75) is 0 Å². The van der Waals surface area contributed by atoms with Gasteiger partial charge in [-0.05, 0) is 6.07 Å². The SMILES string of the molecule is c1ccc2c(-c3nncs3)n[nH]c2c1. The van der Waals surface area contributed by atoms with E-state index in [1.54, 1.807) is 5.51 Å². The minimum absolute atomic E-state index is 0.849. The standard InChI is InChI=1S/C9H6N4S/c1-2-4-7-6(3-1)8(12-11-7)9-13-10-5-14-9/h1-5H,(H,11,12). The van der Waals surface area contributed by atoms with Crippen molar-refractivity contribution in [1.29, 1.82) is 0 Å². The highest BCUT2D eigenvalue weighted by Crippen LogP contribution is 2.26. The van der Waals surface area contributed by atoms with Crippen LogP contribution < -0.4 is 0 Å². The van der Waals surface area contributed by atoms with Crippen LogP contribution in [0.4, 0.5) is 0 Å². The molecule has 4 nitrogen and oxygen atoms in total. The summed E-state index contributed by atoms with van der Waals surface area (Å²) in [5.74, 6) is 0. The van der Waals surface area contributed by atoms with Crippen molar-refractivity contribution in [1.82, 2.24) is 20.4 Å². The number of nitrogens with one attached hydrogen (secondary N) is 1. The third-order valence-electron chi connectivity index (χ3n) is 2.03. The van der Waals surface area contributed by atoms with Gasteiger partial charge in [0.1, 0.15) is 11.2 Å². The molecule has 0 fully saturated rings. The third kappa shape index (κ3) is 1.03. The van der Waals surface area contributed by atoms with Crippen molar-refractivity contribution >= 4 is 22.2 Å². The first-order valence-electron chi connectivity index (χ1n) is 4.15. The lowest BCUT2D eigenvalue weighted by atomic mass is 10.2. The predicted molar refractivity (Wildman–Crippen MR) is 55.0 cm³/mol. The van der Waals surface area contributed by atoms with E-state index in [4.69, 9.17) is 0 Å². The molecule has 0 saturated carbocycles. The maximum atomic E-state index is 4.22. The molecule has 2 aromatic heterocycles. The summed E-state index contributed by atoms with van der Waals surface area (Å²) in [7, 11) is 0. The minimum atomic E-state index is 0.849. The van der Waals surface area contributed by atoms with Crippen LogP contribution in [0.3, 0.4) is 0 Å². The molecule has 0 bridgehead atoms. The first-order chi connectivity index (χ1) is 6.95. The van der Waals surface area contributed by atoms with Gasteiger partial charge in [-0.25, -0.2) is 0 Å². The topological polar surface area (TPSA) is 54.5 Å². The Hall–Kier alpha value is -1.75. The van der Waals surface area contributed by atoms with E-state index in [1.165, 1.54) is 11.3 Å². The van der Waals surface area contributed by atoms with Gasteiger partial charge in [0, 0.05) is 5.39 Å². The third-order valence-corrected chi connectivity index (χ3v) is 2.73. The van der Waals surface area contributed by atoms with Crippen LogP contribution in [0.5, 0.6) is 0 Å². The van der Waals surface area contributed by atoms with E-state index in [0.29, 0.717) is 0 Å². The molecule has 0 spiro atoms. The van der Waals surface area contributed by atoms with E-state index in [9.17, 15) is 0 Å². The number of aromatic nitrogens is 4. The molecule has 0 radical (unpaired) electrons. The molecule has 3 rings (SSSR count). The average molecular weight is 202 g/mol. The van der Waals surface area contributed by atoms with Gasteiger partial charge < -0.3 is 0 Å². The van der Waals surface area contributed by atoms with Crippen LogP contribution in [0.2, 0.25) is 0 Å². The van der Waals surface area contributed by atoms with Crippen molar-refractivity contribution in [3.63, 3.8) is 0 Å². The lowest BCUT2D eigenvalue weighted by molar-refractivity contribution is 1.07. The fraction of sp³-hybridized carbons (Fsp3) is 0. The van der Waals surface area contributed by atoms with Crippen LogP contribution >= 0.6 is 11.3 Å². The summed E-state index contributed by atoms with van der Waals surface area (Å²) in [6.07, 6.45) is 0. The predicted octanol–water partition coefficient (Wildman–Crippen LogP) is 2.08. The Morgan fingerprint density at radius 2 is 2.14 bits per heavy atom. The average Bonchev–Trinajstić information content (AvgIpc) is 2.85. The van der Waals surface area contributed by atoms with Crippen LogP contribution in [-0.4, -0.2) is 20.4 Å². The fourth-order valence-electron chi connectivity index (χ4n) is 1.40. The number of benzene rings is 1. The van der Waals surface area contributed by atoms with Gasteiger partial charge in [-0.1, -0.05) is 29.5 Å². The van der Waals surface area contributed by atoms with E-state index in [1.807, 2.05) is 24.3 Å². The van der Waals surface area contributed by atoms with Crippen molar-refractivity contribution in [2.75, 3.05) is 0 Å². The van der Waals surface area contributed by atoms with Crippen LogP contribution in [0.1, 0.15) is 0 Å². The van der Waals surface area contributed by atoms with E-state index in [2.05, 4.69) is 20.4 Å². The number of H-pyrrole nitrogens is 1. The highest BCUT2D eigenvalue weighted by molar-refractivity contribution is 7.12. The van der Waals surface area contributed by atoms with Crippen LogP contribution in [-0.2, 0) is 0 Å². The molecule has 3 aromatic rings. The molecule has 1 aromatic carbocycles. The maximum Gasteiger partial charge on any atom is 0.168 e. The number of hydrogen-bond donors (Lipinski definition) is 1. The van der Waals surface area contributed by atoms with Crippen LogP contribution in [0.15, 0.2) is 29.8 Å². The fourth-order valence-corrected chi connectivity index (χ4v) is 1.96. The number of hydrogen-bond acceptors (Lipinski definition) is 4. The number of para-hydroxylation sites is 1. The molecule has 5 heteroatoms. The minimum Gasteiger partial charge on any atom is -0.277 e. The molecule has 0 atom stereocenters. The van der Waals surface area contributed by atoms with Crippen LogP contribution in [0.25, 0.3) is 21.6 Å². The Bertz CT molecular complexity index is 555. The molecular formula is C9H6N4S. The summed E-state index contributed by atoms with van der Waals surface area (Å²) in [6, 6.07) is 7.98. The van der Waals surface area contributed by atoms with Crippen LogP contribution in [0, 0.1) is 0 Å². The van der Waals surface area contributed by atoms with Crippen molar-refractivity contribution in [3.05, 3.63) is 29.8 Å². The number of rotatable bonds is 1. The maximum absolute atomic E-state index is 4.22. The van der Waals surface area contributed by atoms with Gasteiger partial charge in [0.15, 0.2) is 5.01 Å². The summed E-state index contributed by atoms with van der Waals surface area (Å²) in [5.41, 5.74) is 3.61. The van der Waals surface area contributed by atoms with Gasteiger partial charge in [0.2, 0.25) is 0 Å². The summed E-state index contributed by atoms with van der Waals surface area (Å²) in [4.78, 5) is 0. The van der Waals surface area contributed by atoms with E-state index in [-0.39, 0.29) is 0 Å². The molecule has 0 unspecified atom stereocenters. The molecule has 2 heterocycles. The van der Waals surface area contributed by atoms with Crippen molar-refractivity contribution in [2.24, 2.45) is 0 Å². The molecule has 14 heavy (non-hydrogen) atoms. The van der Waals surface area contributed by atoms with Gasteiger partial charge in [-0.3, -0.25) is 5.10 Å². The second kappa shape index (κ2) is 2.88.